The minimum Gasteiger partial charge on any atom is -0.497 e. The van der Waals surface area contributed by atoms with Gasteiger partial charge in [-0.1, -0.05) is 31.5 Å². The van der Waals surface area contributed by atoms with E-state index in [1.165, 1.54) is 17.9 Å². The number of hydrogen-bond donors (Lipinski definition) is 1. The molecule has 3 aromatic rings. The maximum Gasteiger partial charge on any atom is 0.335 e. The van der Waals surface area contributed by atoms with Crippen molar-refractivity contribution in [2.75, 3.05) is 20.8 Å². The Morgan fingerprint density at radius 2 is 1.70 bits per heavy atom. The van der Waals surface area contributed by atoms with Crippen LogP contribution < -0.4 is 26.0 Å². The Morgan fingerprint density at radius 3 is 2.39 bits per heavy atom. The predicted molar refractivity (Wildman–Crippen MR) is 127 cm³/mol. The molecule has 0 radical (unpaired) electrons. The predicted octanol–water partition coefficient (Wildman–Crippen LogP) is 2.79. The molecule has 0 atom stereocenters. The number of nitrogens with one attached hydrogen (secondary N) is 1. The average Bonchev–Trinajstić information content (AvgIpc) is 2.84. The third-order valence-electron chi connectivity index (χ3n) is 5.30. The maximum atomic E-state index is 13.2. The van der Waals surface area contributed by atoms with Crippen molar-refractivity contribution in [1.82, 2.24) is 14.5 Å². The van der Waals surface area contributed by atoms with Gasteiger partial charge in [0.2, 0.25) is 0 Å². The third kappa shape index (κ3) is 5.71. The van der Waals surface area contributed by atoms with Gasteiger partial charge in [-0.25, -0.2) is 9.36 Å². The van der Waals surface area contributed by atoms with Gasteiger partial charge in [-0.05, 0) is 42.7 Å². The highest BCUT2D eigenvalue weighted by atomic mass is 16.5. The number of rotatable bonds is 10. The van der Waals surface area contributed by atoms with Gasteiger partial charge in [-0.3, -0.25) is 14.2 Å². The molecule has 3 rings (SSSR count). The molecule has 33 heavy (non-hydrogen) atoms. The first-order valence-electron chi connectivity index (χ1n) is 10.9. The Hall–Kier alpha value is -3.81. The zero-order valence-corrected chi connectivity index (χ0v) is 19.2. The molecule has 0 spiro atoms. The third-order valence-corrected chi connectivity index (χ3v) is 5.30. The standard InChI is InChI=1S/C25H29N3O5/c1-4-5-14-27-17-22(23(29)26-13-12-18-8-6-10-20(15-18)32-2)24(30)28(25(27)31)19-9-7-11-21(16-19)33-3/h6-11,15-17H,4-5,12-14H2,1-3H3,(H,26,29). The second-order valence-electron chi connectivity index (χ2n) is 7.57. The van der Waals surface area contributed by atoms with Gasteiger partial charge in [0, 0.05) is 25.4 Å². The molecule has 8 heteroatoms. The summed E-state index contributed by atoms with van der Waals surface area (Å²) in [5, 5.41) is 2.80. The fourth-order valence-electron chi connectivity index (χ4n) is 3.47. The Kier molecular flexibility index (Phi) is 8.07. The summed E-state index contributed by atoms with van der Waals surface area (Å²) in [6, 6.07) is 14.2. The van der Waals surface area contributed by atoms with Crippen LogP contribution in [0.1, 0.15) is 35.7 Å². The Balaban J connectivity index is 1.91. The number of aromatic nitrogens is 2. The molecule has 0 bridgehead atoms. The lowest BCUT2D eigenvalue weighted by Gasteiger charge is -2.14. The molecule has 1 heterocycles. The highest BCUT2D eigenvalue weighted by molar-refractivity contribution is 5.93. The lowest BCUT2D eigenvalue weighted by molar-refractivity contribution is 0.0951. The average molecular weight is 452 g/mol. The summed E-state index contributed by atoms with van der Waals surface area (Å²) in [5.74, 6) is 0.722. The van der Waals surface area contributed by atoms with Crippen molar-refractivity contribution in [3.8, 4) is 17.2 Å². The van der Waals surface area contributed by atoms with Crippen LogP contribution in [0.3, 0.4) is 0 Å². The number of methoxy groups -OCH3 is 2. The van der Waals surface area contributed by atoms with E-state index in [1.54, 1.807) is 31.4 Å². The molecule has 1 aromatic heterocycles. The molecule has 0 saturated heterocycles. The maximum absolute atomic E-state index is 13.2. The SMILES string of the molecule is CCCCn1cc(C(=O)NCCc2cccc(OC)c2)c(=O)n(-c2cccc(OC)c2)c1=O. The van der Waals surface area contributed by atoms with E-state index in [2.05, 4.69) is 5.32 Å². The van der Waals surface area contributed by atoms with E-state index in [1.807, 2.05) is 31.2 Å². The molecule has 174 valence electrons. The highest BCUT2D eigenvalue weighted by Gasteiger charge is 2.18. The van der Waals surface area contributed by atoms with Gasteiger partial charge in [0.1, 0.15) is 17.1 Å². The molecular weight excluding hydrogens is 422 g/mol. The molecule has 0 aliphatic rings. The zero-order chi connectivity index (χ0) is 23.8. The zero-order valence-electron chi connectivity index (χ0n) is 19.2. The highest BCUT2D eigenvalue weighted by Crippen LogP contribution is 2.15. The summed E-state index contributed by atoms with van der Waals surface area (Å²) in [5.41, 5.74) is 0.102. The van der Waals surface area contributed by atoms with Crippen LogP contribution in [0.4, 0.5) is 0 Å². The van der Waals surface area contributed by atoms with E-state index in [0.29, 0.717) is 30.9 Å². The first-order valence-corrected chi connectivity index (χ1v) is 10.9. The Bertz CT molecular complexity index is 1230. The summed E-state index contributed by atoms with van der Waals surface area (Å²) in [7, 11) is 3.11. The number of unbranched alkanes of at least 4 members (excludes halogenated alkanes) is 1. The molecule has 0 saturated carbocycles. The Morgan fingerprint density at radius 1 is 1.00 bits per heavy atom. The van der Waals surface area contributed by atoms with E-state index >= 15 is 0 Å². The van der Waals surface area contributed by atoms with Crippen LogP contribution in [0.5, 0.6) is 11.5 Å². The largest absolute Gasteiger partial charge is 0.497 e. The smallest absolute Gasteiger partial charge is 0.335 e. The number of amides is 1. The fraction of sp³-hybridized carbons (Fsp3) is 0.320. The van der Waals surface area contributed by atoms with Crippen molar-refractivity contribution in [2.24, 2.45) is 0 Å². The second-order valence-corrected chi connectivity index (χ2v) is 7.57. The van der Waals surface area contributed by atoms with Gasteiger partial charge in [0.25, 0.3) is 11.5 Å². The van der Waals surface area contributed by atoms with E-state index in [0.717, 1.165) is 28.7 Å². The number of nitrogens with zero attached hydrogens (tertiary/aromatic N) is 2. The number of ether oxygens (including phenoxy) is 2. The number of carbonyl (C=O) groups is 1. The second kappa shape index (κ2) is 11.2. The summed E-state index contributed by atoms with van der Waals surface area (Å²) in [4.78, 5) is 39.2. The summed E-state index contributed by atoms with van der Waals surface area (Å²) in [6.07, 6.45) is 3.54. The van der Waals surface area contributed by atoms with Crippen molar-refractivity contribution in [3.05, 3.63) is 86.7 Å². The monoisotopic (exact) mass is 451 g/mol. The normalized spacial score (nSPS) is 10.6. The fourth-order valence-corrected chi connectivity index (χ4v) is 3.47. The number of benzene rings is 2. The van der Waals surface area contributed by atoms with Crippen LogP contribution in [0.25, 0.3) is 5.69 Å². The molecule has 0 aliphatic heterocycles. The van der Waals surface area contributed by atoms with Crippen molar-refractivity contribution >= 4 is 5.91 Å². The number of hydrogen-bond acceptors (Lipinski definition) is 5. The van der Waals surface area contributed by atoms with Gasteiger partial charge in [0.15, 0.2) is 0 Å². The van der Waals surface area contributed by atoms with Crippen molar-refractivity contribution in [3.63, 3.8) is 0 Å². The molecule has 0 fully saturated rings. The number of aryl methyl sites for hydroxylation is 1. The molecule has 2 aromatic carbocycles. The molecular formula is C25H29N3O5. The van der Waals surface area contributed by atoms with E-state index in [4.69, 9.17) is 9.47 Å². The van der Waals surface area contributed by atoms with E-state index < -0.39 is 17.2 Å². The van der Waals surface area contributed by atoms with Gasteiger partial charge < -0.3 is 14.8 Å². The number of carbonyl (C=O) groups excluding carboxylic acids is 1. The van der Waals surface area contributed by atoms with Gasteiger partial charge in [0.05, 0.1) is 19.9 Å². The van der Waals surface area contributed by atoms with Gasteiger partial charge >= 0.3 is 5.69 Å². The summed E-state index contributed by atoms with van der Waals surface area (Å²) in [6.45, 7) is 2.75. The van der Waals surface area contributed by atoms with Crippen LogP contribution in [0.15, 0.2) is 64.3 Å². The quantitative estimate of drug-likeness (QED) is 0.512. The van der Waals surface area contributed by atoms with Crippen molar-refractivity contribution in [1.29, 1.82) is 0 Å². The minimum atomic E-state index is -0.667. The van der Waals surface area contributed by atoms with Crippen molar-refractivity contribution < 1.29 is 14.3 Å². The molecule has 0 unspecified atom stereocenters. The Labute approximate surface area is 192 Å². The van der Waals surface area contributed by atoms with Crippen LogP contribution in [-0.2, 0) is 13.0 Å². The van der Waals surface area contributed by atoms with Crippen molar-refractivity contribution in [2.45, 2.75) is 32.7 Å². The van der Waals surface area contributed by atoms with E-state index in [-0.39, 0.29) is 5.56 Å². The van der Waals surface area contributed by atoms with Gasteiger partial charge in [-0.2, -0.15) is 0 Å². The lowest BCUT2D eigenvalue weighted by Crippen LogP contribution is -2.43. The minimum absolute atomic E-state index is 0.0841. The lowest BCUT2D eigenvalue weighted by atomic mass is 10.1. The molecule has 0 aliphatic carbocycles. The van der Waals surface area contributed by atoms with E-state index in [9.17, 15) is 14.4 Å². The first kappa shape index (κ1) is 23.8. The summed E-state index contributed by atoms with van der Waals surface area (Å²) < 4.78 is 12.9. The molecule has 8 nitrogen and oxygen atoms in total. The first-order chi connectivity index (χ1) is 16.0. The molecule has 1 amide bonds. The van der Waals surface area contributed by atoms with Crippen LogP contribution >= 0.6 is 0 Å². The van der Waals surface area contributed by atoms with Crippen LogP contribution in [-0.4, -0.2) is 35.8 Å². The summed E-state index contributed by atoms with van der Waals surface area (Å²) >= 11 is 0. The van der Waals surface area contributed by atoms with Crippen LogP contribution in [0, 0.1) is 0 Å². The van der Waals surface area contributed by atoms with Gasteiger partial charge in [-0.15, -0.1) is 0 Å². The van der Waals surface area contributed by atoms with Crippen LogP contribution in [0.2, 0.25) is 0 Å². The molecule has 1 N–H and O–H groups in total. The topological polar surface area (TPSA) is 91.6 Å².